The molecule has 1 N–H and O–H groups in total. The first-order chi connectivity index (χ1) is 13.8. The highest BCUT2D eigenvalue weighted by Gasteiger charge is 2.23. The zero-order valence-electron chi connectivity index (χ0n) is 15.7. The van der Waals surface area contributed by atoms with E-state index < -0.39 is 0 Å². The van der Waals surface area contributed by atoms with E-state index in [0.717, 1.165) is 49.1 Å². The van der Waals surface area contributed by atoms with Crippen LogP contribution in [0.3, 0.4) is 0 Å². The SMILES string of the molecule is Cc1nc(N2CCc3[nH]nc(Cc4ccccc4)c3C2)cc(-n2cccn2)n1. The van der Waals surface area contributed by atoms with Crippen molar-refractivity contribution >= 4 is 5.82 Å². The Morgan fingerprint density at radius 3 is 2.75 bits per heavy atom. The van der Waals surface area contributed by atoms with Crippen molar-refractivity contribution in [1.29, 1.82) is 0 Å². The zero-order valence-corrected chi connectivity index (χ0v) is 15.7. The number of aromatic amines is 1. The van der Waals surface area contributed by atoms with E-state index in [1.165, 1.54) is 16.8 Å². The molecule has 7 heteroatoms. The van der Waals surface area contributed by atoms with Crippen LogP contribution in [0.15, 0.2) is 54.9 Å². The van der Waals surface area contributed by atoms with E-state index in [9.17, 15) is 0 Å². The molecule has 0 atom stereocenters. The molecule has 4 heterocycles. The van der Waals surface area contributed by atoms with Gasteiger partial charge in [0.2, 0.25) is 0 Å². The highest BCUT2D eigenvalue weighted by atomic mass is 15.3. The lowest BCUT2D eigenvalue weighted by Gasteiger charge is -2.28. The number of aryl methyl sites for hydroxylation is 1. The van der Waals surface area contributed by atoms with Gasteiger partial charge in [-0.15, -0.1) is 0 Å². The van der Waals surface area contributed by atoms with E-state index in [0.29, 0.717) is 0 Å². The summed E-state index contributed by atoms with van der Waals surface area (Å²) in [5, 5.41) is 12.1. The zero-order chi connectivity index (χ0) is 18.9. The fourth-order valence-electron chi connectivity index (χ4n) is 3.71. The summed E-state index contributed by atoms with van der Waals surface area (Å²) in [5.74, 6) is 2.45. The van der Waals surface area contributed by atoms with Crippen molar-refractivity contribution in [2.45, 2.75) is 26.3 Å². The minimum Gasteiger partial charge on any atom is -0.352 e. The Kier molecular flexibility index (Phi) is 4.12. The number of H-pyrrole nitrogens is 1. The number of hydrogen-bond donors (Lipinski definition) is 1. The number of aromatic nitrogens is 6. The van der Waals surface area contributed by atoms with Crippen molar-refractivity contribution in [3.63, 3.8) is 0 Å². The maximum absolute atomic E-state index is 4.68. The van der Waals surface area contributed by atoms with Crippen LogP contribution in [-0.4, -0.2) is 36.5 Å². The highest BCUT2D eigenvalue weighted by Crippen LogP contribution is 2.26. The monoisotopic (exact) mass is 371 g/mol. The number of rotatable bonds is 4. The molecule has 0 aliphatic carbocycles. The predicted octanol–water partition coefficient (Wildman–Crippen LogP) is 2.85. The Morgan fingerprint density at radius 2 is 1.93 bits per heavy atom. The molecule has 0 unspecified atom stereocenters. The van der Waals surface area contributed by atoms with Crippen molar-refractivity contribution < 1.29 is 0 Å². The van der Waals surface area contributed by atoms with Crippen LogP contribution in [0, 0.1) is 6.92 Å². The van der Waals surface area contributed by atoms with Gasteiger partial charge < -0.3 is 4.90 Å². The minimum atomic E-state index is 0.741. The van der Waals surface area contributed by atoms with Gasteiger partial charge in [0.15, 0.2) is 5.82 Å². The lowest BCUT2D eigenvalue weighted by molar-refractivity contribution is 0.701. The van der Waals surface area contributed by atoms with Crippen LogP contribution >= 0.6 is 0 Å². The second-order valence-electron chi connectivity index (χ2n) is 7.04. The number of fused-ring (bicyclic) bond motifs is 1. The van der Waals surface area contributed by atoms with Gasteiger partial charge in [-0.3, -0.25) is 5.10 Å². The smallest absolute Gasteiger partial charge is 0.159 e. The van der Waals surface area contributed by atoms with Gasteiger partial charge in [0.05, 0.1) is 5.69 Å². The summed E-state index contributed by atoms with van der Waals surface area (Å²) in [4.78, 5) is 11.5. The van der Waals surface area contributed by atoms with E-state index in [-0.39, 0.29) is 0 Å². The quantitative estimate of drug-likeness (QED) is 0.597. The summed E-state index contributed by atoms with van der Waals surface area (Å²) in [6.45, 7) is 3.61. The molecule has 1 aromatic carbocycles. The molecule has 0 spiro atoms. The third-order valence-corrected chi connectivity index (χ3v) is 5.11. The summed E-state index contributed by atoms with van der Waals surface area (Å²) in [6.07, 6.45) is 5.42. The first-order valence-corrected chi connectivity index (χ1v) is 9.46. The van der Waals surface area contributed by atoms with Gasteiger partial charge in [-0.2, -0.15) is 10.2 Å². The molecule has 7 nitrogen and oxygen atoms in total. The van der Waals surface area contributed by atoms with Crippen LogP contribution in [0.4, 0.5) is 5.82 Å². The second-order valence-corrected chi connectivity index (χ2v) is 7.04. The first-order valence-electron chi connectivity index (χ1n) is 9.46. The van der Waals surface area contributed by atoms with Crippen LogP contribution in [-0.2, 0) is 19.4 Å². The summed E-state index contributed by atoms with van der Waals surface area (Å²) < 4.78 is 1.77. The van der Waals surface area contributed by atoms with E-state index in [4.69, 9.17) is 0 Å². The van der Waals surface area contributed by atoms with E-state index in [1.54, 1.807) is 10.9 Å². The van der Waals surface area contributed by atoms with Gasteiger partial charge in [0.25, 0.3) is 0 Å². The molecule has 1 aliphatic heterocycles. The number of anilines is 1. The van der Waals surface area contributed by atoms with Crippen molar-refractivity contribution in [2.75, 3.05) is 11.4 Å². The summed E-state index contributed by atoms with van der Waals surface area (Å²) in [6, 6.07) is 14.4. The topological polar surface area (TPSA) is 75.5 Å². The summed E-state index contributed by atoms with van der Waals surface area (Å²) in [7, 11) is 0. The molecule has 0 amide bonds. The maximum Gasteiger partial charge on any atom is 0.159 e. The van der Waals surface area contributed by atoms with Gasteiger partial charge in [-0.05, 0) is 18.6 Å². The molecule has 140 valence electrons. The van der Waals surface area contributed by atoms with E-state index in [1.807, 2.05) is 31.3 Å². The Hall–Kier alpha value is -3.48. The average molecular weight is 371 g/mol. The molecular formula is C21H21N7. The molecule has 0 bridgehead atoms. The van der Waals surface area contributed by atoms with Crippen molar-refractivity contribution in [3.05, 3.63) is 83.2 Å². The second kappa shape index (κ2) is 6.92. The molecule has 0 radical (unpaired) electrons. The third kappa shape index (κ3) is 3.15. The largest absolute Gasteiger partial charge is 0.352 e. The van der Waals surface area contributed by atoms with Crippen LogP contribution < -0.4 is 4.90 Å². The predicted molar refractivity (Wildman–Crippen MR) is 106 cm³/mol. The Bertz CT molecular complexity index is 1080. The Balaban J connectivity index is 1.44. The van der Waals surface area contributed by atoms with Crippen molar-refractivity contribution in [2.24, 2.45) is 0 Å². The average Bonchev–Trinajstić information content (AvgIpc) is 3.39. The molecule has 28 heavy (non-hydrogen) atoms. The molecule has 5 rings (SSSR count). The number of hydrogen-bond acceptors (Lipinski definition) is 5. The fraction of sp³-hybridized carbons (Fsp3) is 0.238. The Morgan fingerprint density at radius 1 is 1.07 bits per heavy atom. The highest BCUT2D eigenvalue weighted by molar-refractivity contribution is 5.48. The molecule has 4 aromatic rings. The molecule has 0 saturated carbocycles. The van der Waals surface area contributed by atoms with Gasteiger partial charge in [0.1, 0.15) is 11.6 Å². The van der Waals surface area contributed by atoms with Gasteiger partial charge in [-0.1, -0.05) is 30.3 Å². The van der Waals surface area contributed by atoms with Gasteiger partial charge in [-0.25, -0.2) is 14.6 Å². The lowest BCUT2D eigenvalue weighted by atomic mass is 10.0. The molecular weight excluding hydrogens is 350 g/mol. The number of nitrogens with one attached hydrogen (secondary N) is 1. The summed E-state index contributed by atoms with van der Waals surface area (Å²) >= 11 is 0. The van der Waals surface area contributed by atoms with E-state index >= 15 is 0 Å². The molecule has 3 aromatic heterocycles. The Labute approximate surface area is 163 Å². The lowest BCUT2D eigenvalue weighted by Crippen LogP contribution is -2.31. The van der Waals surface area contributed by atoms with Crippen molar-refractivity contribution in [1.82, 2.24) is 29.9 Å². The van der Waals surface area contributed by atoms with Crippen molar-refractivity contribution in [3.8, 4) is 5.82 Å². The first kappa shape index (κ1) is 16.7. The fourth-order valence-corrected chi connectivity index (χ4v) is 3.71. The van der Waals surface area contributed by atoms with Crippen LogP contribution in [0.5, 0.6) is 0 Å². The maximum atomic E-state index is 4.68. The number of benzene rings is 1. The van der Waals surface area contributed by atoms with Gasteiger partial charge in [0, 0.05) is 55.6 Å². The standard InChI is InChI=1S/C21H21N7/c1-15-23-20(13-21(24-15)28-10-5-9-22-28)27-11-8-18-17(14-27)19(26-25-18)12-16-6-3-2-4-7-16/h2-7,9-10,13H,8,11-12,14H2,1H3,(H,25,26). The van der Waals surface area contributed by atoms with E-state index in [2.05, 4.69) is 54.4 Å². The molecule has 0 saturated heterocycles. The number of nitrogens with zero attached hydrogens (tertiary/aromatic N) is 6. The minimum absolute atomic E-state index is 0.741. The third-order valence-electron chi connectivity index (χ3n) is 5.11. The van der Waals surface area contributed by atoms with Gasteiger partial charge >= 0.3 is 0 Å². The van der Waals surface area contributed by atoms with Crippen LogP contribution in [0.2, 0.25) is 0 Å². The summed E-state index contributed by atoms with van der Waals surface area (Å²) in [5.41, 5.74) is 4.91. The molecule has 1 aliphatic rings. The van der Waals surface area contributed by atoms with Crippen LogP contribution in [0.1, 0.15) is 28.3 Å². The molecule has 0 fully saturated rings. The normalized spacial score (nSPS) is 13.5. The van der Waals surface area contributed by atoms with Crippen LogP contribution in [0.25, 0.3) is 5.82 Å².